The zero-order valence-corrected chi connectivity index (χ0v) is 17.8. The fourth-order valence-corrected chi connectivity index (χ4v) is 4.17. The van der Waals surface area contributed by atoms with Gasteiger partial charge in [-0.15, -0.1) is 0 Å². The molecule has 1 aliphatic heterocycles. The summed E-state index contributed by atoms with van der Waals surface area (Å²) in [6.45, 7) is 2.35. The highest BCUT2D eigenvalue weighted by atomic mass is 32.2. The Labute approximate surface area is 177 Å². The first-order valence-electron chi connectivity index (χ1n) is 9.47. The lowest BCUT2D eigenvalue weighted by Gasteiger charge is -2.16. The topological polar surface area (TPSA) is 47.6 Å². The molecule has 1 atom stereocenters. The van der Waals surface area contributed by atoms with Gasteiger partial charge in [0.25, 0.3) is 0 Å². The summed E-state index contributed by atoms with van der Waals surface area (Å²) in [5.74, 6) is 0.900. The van der Waals surface area contributed by atoms with E-state index in [1.165, 1.54) is 12.1 Å². The van der Waals surface area contributed by atoms with Gasteiger partial charge in [-0.2, -0.15) is 0 Å². The second kappa shape index (κ2) is 8.32. The smallest absolute Gasteiger partial charge is 0.130 e. The molecule has 0 radical (unpaired) electrons. The third kappa shape index (κ3) is 3.96. The lowest BCUT2D eigenvalue weighted by Crippen LogP contribution is -2.01. The van der Waals surface area contributed by atoms with E-state index in [0.717, 1.165) is 44.8 Å². The highest BCUT2D eigenvalue weighted by molar-refractivity contribution is 7.85. The predicted molar refractivity (Wildman–Crippen MR) is 119 cm³/mol. The van der Waals surface area contributed by atoms with E-state index in [4.69, 9.17) is 9.47 Å². The van der Waals surface area contributed by atoms with Crippen molar-refractivity contribution < 1.29 is 18.1 Å². The molecule has 0 saturated carbocycles. The molecule has 0 bridgehead atoms. The molecule has 0 amide bonds. The molecule has 30 heavy (non-hydrogen) atoms. The summed E-state index contributed by atoms with van der Waals surface area (Å²) in [6.07, 6.45) is 1.59. The Hall–Kier alpha value is -3.12. The van der Waals surface area contributed by atoms with Gasteiger partial charge in [0.05, 0.1) is 7.11 Å². The second-order valence-electron chi connectivity index (χ2n) is 7.09. The van der Waals surface area contributed by atoms with Crippen LogP contribution in [-0.4, -0.2) is 17.6 Å². The van der Waals surface area contributed by atoms with Crippen molar-refractivity contribution >= 4 is 27.8 Å². The Bertz CT molecular complexity index is 1170. The van der Waals surface area contributed by atoms with Crippen molar-refractivity contribution in [2.45, 2.75) is 13.5 Å². The van der Waals surface area contributed by atoms with Crippen LogP contribution in [0, 0.1) is 5.82 Å². The summed E-state index contributed by atoms with van der Waals surface area (Å²) >= 11 is 0. The van der Waals surface area contributed by atoms with Gasteiger partial charge >= 0.3 is 0 Å². The molecular formula is C24H22FNO3S. The molecule has 3 aromatic carbocycles. The van der Waals surface area contributed by atoms with Crippen LogP contribution >= 0.6 is 0 Å². The maximum atomic E-state index is 13.9. The molecular weight excluding hydrogens is 401 g/mol. The molecule has 0 fully saturated rings. The molecule has 1 aliphatic rings. The molecule has 0 saturated heterocycles. The summed E-state index contributed by atoms with van der Waals surface area (Å²) < 4.78 is 39.8. The van der Waals surface area contributed by atoms with Crippen LogP contribution < -0.4 is 14.2 Å². The van der Waals surface area contributed by atoms with Gasteiger partial charge in [-0.25, -0.2) is 8.60 Å². The maximum absolute atomic E-state index is 13.9. The van der Waals surface area contributed by atoms with Crippen LogP contribution in [0.1, 0.15) is 29.2 Å². The molecule has 0 aliphatic carbocycles. The lowest BCUT2D eigenvalue weighted by molar-refractivity contribution is 0.304. The Kier molecular flexibility index (Phi) is 5.59. The van der Waals surface area contributed by atoms with E-state index in [1.807, 2.05) is 49.4 Å². The molecule has 0 spiro atoms. The van der Waals surface area contributed by atoms with E-state index in [1.54, 1.807) is 19.4 Å². The zero-order chi connectivity index (χ0) is 21.3. The largest absolute Gasteiger partial charge is 0.497 e. The summed E-state index contributed by atoms with van der Waals surface area (Å²) in [5, 5.41) is 0. The van der Waals surface area contributed by atoms with Crippen molar-refractivity contribution in [3.63, 3.8) is 0 Å². The molecule has 4 nitrogen and oxygen atoms in total. The molecule has 1 N–H and O–H groups in total. The van der Waals surface area contributed by atoms with Crippen LogP contribution in [0.5, 0.6) is 11.5 Å². The number of nitrogens with one attached hydrogen (secondary N) is 1. The maximum Gasteiger partial charge on any atom is 0.130 e. The average Bonchev–Trinajstić information content (AvgIpc) is 2.89. The standard InChI is InChI=1S/C24H22FNO3S/c1-15(16-5-4-6-19(11-16)26-30(3)27)24-21-10-8-20(28-2)12-17(21)14-29-23-13-18(25)7-9-22(23)24/h4-13,26H,14H2,1-3H3/b24-15-. The highest BCUT2D eigenvalue weighted by Gasteiger charge is 2.23. The minimum atomic E-state index is -1.17. The summed E-state index contributed by atoms with van der Waals surface area (Å²) in [6, 6.07) is 18.3. The number of allylic oxidation sites excluding steroid dienone is 1. The first kappa shape index (κ1) is 20.2. The van der Waals surface area contributed by atoms with Gasteiger partial charge in [0.15, 0.2) is 0 Å². The summed E-state index contributed by atoms with van der Waals surface area (Å²) in [7, 11) is 0.461. The summed E-state index contributed by atoms with van der Waals surface area (Å²) in [5.41, 5.74) is 6.52. The van der Waals surface area contributed by atoms with Crippen molar-refractivity contribution in [1.82, 2.24) is 0 Å². The normalized spacial score (nSPS) is 15.2. The molecule has 4 rings (SSSR count). The fraction of sp³-hybridized carbons (Fsp3) is 0.167. The molecule has 154 valence electrons. The Morgan fingerprint density at radius 1 is 1.10 bits per heavy atom. The van der Waals surface area contributed by atoms with Gasteiger partial charge in [0.2, 0.25) is 0 Å². The molecule has 1 heterocycles. The third-order valence-electron chi connectivity index (χ3n) is 5.11. The highest BCUT2D eigenvalue weighted by Crippen LogP contribution is 2.42. The van der Waals surface area contributed by atoms with Gasteiger partial charge in [-0.1, -0.05) is 18.2 Å². The molecule has 3 aromatic rings. The number of ether oxygens (including phenoxy) is 2. The number of methoxy groups -OCH3 is 1. The van der Waals surface area contributed by atoms with E-state index in [9.17, 15) is 8.60 Å². The number of anilines is 1. The van der Waals surface area contributed by atoms with E-state index in [2.05, 4.69) is 4.72 Å². The van der Waals surface area contributed by atoms with Gasteiger partial charge in [-0.3, -0.25) is 0 Å². The number of halogens is 1. The van der Waals surface area contributed by atoms with Gasteiger partial charge in [-0.05, 0) is 65.6 Å². The van der Waals surface area contributed by atoms with Crippen LogP contribution in [0.2, 0.25) is 0 Å². The van der Waals surface area contributed by atoms with Crippen molar-refractivity contribution in [1.29, 1.82) is 0 Å². The molecule has 0 aromatic heterocycles. The zero-order valence-electron chi connectivity index (χ0n) is 17.0. The second-order valence-corrected chi connectivity index (χ2v) is 8.20. The number of hydrogen-bond acceptors (Lipinski definition) is 3. The first-order chi connectivity index (χ1) is 14.5. The summed E-state index contributed by atoms with van der Waals surface area (Å²) in [4.78, 5) is 0. The first-order valence-corrected chi connectivity index (χ1v) is 11.0. The van der Waals surface area contributed by atoms with E-state index in [-0.39, 0.29) is 5.82 Å². The third-order valence-corrected chi connectivity index (χ3v) is 5.63. The Balaban J connectivity index is 1.96. The molecule has 6 heteroatoms. The van der Waals surface area contributed by atoms with Crippen molar-refractivity contribution in [2.24, 2.45) is 0 Å². The van der Waals surface area contributed by atoms with Crippen LogP contribution in [0.4, 0.5) is 10.1 Å². The molecule has 1 unspecified atom stereocenters. The number of hydrogen-bond donors (Lipinski definition) is 1. The van der Waals surface area contributed by atoms with Gasteiger partial charge in [0, 0.05) is 29.1 Å². The minimum Gasteiger partial charge on any atom is -0.497 e. The van der Waals surface area contributed by atoms with Crippen LogP contribution in [0.25, 0.3) is 11.1 Å². The van der Waals surface area contributed by atoms with Gasteiger partial charge in [0.1, 0.15) is 34.9 Å². The van der Waals surface area contributed by atoms with Crippen LogP contribution in [-0.2, 0) is 17.6 Å². The van der Waals surface area contributed by atoms with Gasteiger partial charge < -0.3 is 14.2 Å². The predicted octanol–water partition coefficient (Wildman–Crippen LogP) is 5.41. The SMILES string of the molecule is COc1ccc2c(c1)COc1cc(F)ccc1/C2=C(/C)c1cccc(NS(C)=O)c1. The van der Waals surface area contributed by atoms with Crippen LogP contribution in [0.3, 0.4) is 0 Å². The Morgan fingerprint density at radius 2 is 1.90 bits per heavy atom. The average molecular weight is 424 g/mol. The van der Waals surface area contributed by atoms with E-state index < -0.39 is 11.0 Å². The van der Waals surface area contributed by atoms with E-state index >= 15 is 0 Å². The fourth-order valence-electron chi connectivity index (χ4n) is 3.71. The lowest BCUT2D eigenvalue weighted by atomic mass is 9.88. The minimum absolute atomic E-state index is 0.316. The van der Waals surface area contributed by atoms with Crippen molar-refractivity contribution in [3.05, 3.63) is 88.7 Å². The Morgan fingerprint density at radius 3 is 2.67 bits per heavy atom. The number of benzene rings is 3. The van der Waals surface area contributed by atoms with Crippen molar-refractivity contribution in [3.8, 4) is 11.5 Å². The number of fused-ring (bicyclic) bond motifs is 2. The van der Waals surface area contributed by atoms with Crippen LogP contribution in [0.15, 0.2) is 60.7 Å². The van der Waals surface area contributed by atoms with E-state index in [0.29, 0.717) is 12.4 Å². The monoisotopic (exact) mass is 423 g/mol. The number of rotatable bonds is 4. The van der Waals surface area contributed by atoms with Crippen molar-refractivity contribution in [2.75, 3.05) is 18.1 Å². The quantitative estimate of drug-likeness (QED) is 0.610.